The van der Waals surface area contributed by atoms with Crippen molar-refractivity contribution >= 4 is 5.97 Å². The number of methoxy groups -OCH3 is 1. The molecule has 0 aromatic heterocycles. The van der Waals surface area contributed by atoms with E-state index < -0.39 is 12.1 Å². The average molecular weight is 286 g/mol. The summed E-state index contributed by atoms with van der Waals surface area (Å²) in [6.07, 6.45) is 15.6. The SMILES string of the molecule is CCCCCCCCCCCCCCC(OC)C(=O)O. The predicted molar refractivity (Wildman–Crippen MR) is 84.1 cm³/mol. The van der Waals surface area contributed by atoms with Crippen LogP contribution in [0.2, 0.25) is 0 Å². The van der Waals surface area contributed by atoms with Crippen LogP contribution >= 0.6 is 0 Å². The molecule has 0 aromatic rings. The van der Waals surface area contributed by atoms with E-state index in [1.165, 1.54) is 71.3 Å². The Morgan fingerprint density at radius 1 is 0.850 bits per heavy atom. The Bertz CT molecular complexity index is 216. The Morgan fingerprint density at radius 2 is 1.25 bits per heavy atom. The molecular formula is C17H34O3. The van der Waals surface area contributed by atoms with Gasteiger partial charge in [-0.1, -0.05) is 84.0 Å². The van der Waals surface area contributed by atoms with Crippen molar-refractivity contribution in [3.8, 4) is 0 Å². The lowest BCUT2D eigenvalue weighted by molar-refractivity contribution is -0.148. The molecule has 0 spiro atoms. The van der Waals surface area contributed by atoms with Gasteiger partial charge in [-0.15, -0.1) is 0 Å². The van der Waals surface area contributed by atoms with E-state index in [1.807, 2.05) is 0 Å². The van der Waals surface area contributed by atoms with Crippen molar-refractivity contribution < 1.29 is 14.6 Å². The second-order valence-corrected chi connectivity index (χ2v) is 5.74. The molecule has 20 heavy (non-hydrogen) atoms. The largest absolute Gasteiger partial charge is 0.479 e. The zero-order valence-corrected chi connectivity index (χ0v) is 13.5. The number of carboxylic acids is 1. The van der Waals surface area contributed by atoms with E-state index in [-0.39, 0.29) is 0 Å². The minimum Gasteiger partial charge on any atom is -0.479 e. The second-order valence-electron chi connectivity index (χ2n) is 5.74. The molecule has 120 valence electrons. The van der Waals surface area contributed by atoms with Gasteiger partial charge in [-0.3, -0.25) is 0 Å². The van der Waals surface area contributed by atoms with Crippen LogP contribution in [0.4, 0.5) is 0 Å². The summed E-state index contributed by atoms with van der Waals surface area (Å²) >= 11 is 0. The Labute approximate surface area is 125 Å². The number of carbonyl (C=O) groups is 1. The van der Waals surface area contributed by atoms with Gasteiger partial charge in [-0.2, -0.15) is 0 Å². The molecule has 3 nitrogen and oxygen atoms in total. The van der Waals surface area contributed by atoms with Crippen molar-refractivity contribution in [1.82, 2.24) is 0 Å². The first-order valence-electron chi connectivity index (χ1n) is 8.48. The summed E-state index contributed by atoms with van der Waals surface area (Å²) in [6, 6.07) is 0. The second kappa shape index (κ2) is 14.8. The van der Waals surface area contributed by atoms with E-state index in [4.69, 9.17) is 9.84 Å². The number of carboxylic acid groups (broad SMARTS) is 1. The molecule has 0 aliphatic carbocycles. The van der Waals surface area contributed by atoms with Gasteiger partial charge in [0.05, 0.1) is 0 Å². The first kappa shape index (κ1) is 19.4. The number of rotatable bonds is 15. The van der Waals surface area contributed by atoms with Gasteiger partial charge in [-0.25, -0.2) is 4.79 Å². The Morgan fingerprint density at radius 3 is 1.60 bits per heavy atom. The molecule has 0 saturated heterocycles. The third-order valence-corrected chi connectivity index (χ3v) is 3.88. The van der Waals surface area contributed by atoms with E-state index in [2.05, 4.69) is 6.92 Å². The third kappa shape index (κ3) is 12.5. The lowest BCUT2D eigenvalue weighted by atomic mass is 10.0. The molecule has 0 radical (unpaired) electrons. The molecule has 3 heteroatoms. The van der Waals surface area contributed by atoms with Gasteiger partial charge in [0.15, 0.2) is 6.10 Å². The van der Waals surface area contributed by atoms with Crippen molar-refractivity contribution in [1.29, 1.82) is 0 Å². The number of ether oxygens (including phenoxy) is 1. The molecule has 0 saturated carbocycles. The van der Waals surface area contributed by atoms with Crippen molar-refractivity contribution in [2.24, 2.45) is 0 Å². The van der Waals surface area contributed by atoms with Gasteiger partial charge < -0.3 is 9.84 Å². The normalized spacial score (nSPS) is 12.5. The molecule has 0 heterocycles. The highest BCUT2D eigenvalue weighted by molar-refractivity contribution is 5.72. The summed E-state index contributed by atoms with van der Waals surface area (Å²) in [4.78, 5) is 10.7. The predicted octanol–water partition coefficient (Wildman–Crippen LogP) is 5.18. The maximum Gasteiger partial charge on any atom is 0.332 e. The van der Waals surface area contributed by atoms with E-state index in [0.29, 0.717) is 6.42 Å². The van der Waals surface area contributed by atoms with Crippen LogP contribution in [0.25, 0.3) is 0 Å². The maximum absolute atomic E-state index is 10.7. The highest BCUT2D eigenvalue weighted by atomic mass is 16.5. The van der Waals surface area contributed by atoms with Gasteiger partial charge in [0, 0.05) is 7.11 Å². The average Bonchev–Trinajstić information content (AvgIpc) is 2.43. The standard InChI is InChI=1S/C17H34O3/c1-3-4-5-6-7-8-9-10-11-12-13-14-15-16(20-2)17(18)19/h16H,3-15H2,1-2H3,(H,18,19). The first-order valence-corrected chi connectivity index (χ1v) is 8.48. The molecule has 0 aliphatic heterocycles. The van der Waals surface area contributed by atoms with E-state index >= 15 is 0 Å². The summed E-state index contributed by atoms with van der Waals surface area (Å²) in [6.45, 7) is 2.26. The third-order valence-electron chi connectivity index (χ3n) is 3.88. The molecule has 0 amide bonds. The molecule has 0 aromatic carbocycles. The number of unbranched alkanes of at least 4 members (excludes halogenated alkanes) is 11. The van der Waals surface area contributed by atoms with Crippen LogP contribution in [0.15, 0.2) is 0 Å². The van der Waals surface area contributed by atoms with Crippen LogP contribution in [-0.2, 0) is 9.53 Å². The summed E-state index contributed by atoms with van der Waals surface area (Å²) in [5.74, 6) is -0.837. The van der Waals surface area contributed by atoms with Crippen molar-refractivity contribution in [3.05, 3.63) is 0 Å². The highest BCUT2D eigenvalue weighted by Crippen LogP contribution is 2.13. The first-order chi connectivity index (χ1) is 9.72. The zero-order chi connectivity index (χ0) is 15.1. The Kier molecular flexibility index (Phi) is 14.4. The van der Waals surface area contributed by atoms with E-state index in [9.17, 15) is 4.79 Å². The van der Waals surface area contributed by atoms with E-state index in [0.717, 1.165) is 12.8 Å². The van der Waals surface area contributed by atoms with Crippen molar-refractivity contribution in [2.75, 3.05) is 7.11 Å². The smallest absolute Gasteiger partial charge is 0.332 e. The number of hydrogen-bond acceptors (Lipinski definition) is 2. The van der Waals surface area contributed by atoms with Gasteiger partial charge >= 0.3 is 5.97 Å². The molecule has 0 rings (SSSR count). The minimum absolute atomic E-state index is 0.613. The molecule has 0 aliphatic rings. The lowest BCUT2D eigenvalue weighted by Gasteiger charge is -2.09. The monoisotopic (exact) mass is 286 g/mol. The van der Waals surface area contributed by atoms with Crippen LogP contribution in [0, 0.1) is 0 Å². The van der Waals surface area contributed by atoms with Gasteiger partial charge in [-0.05, 0) is 6.42 Å². The van der Waals surface area contributed by atoms with Crippen LogP contribution in [0.5, 0.6) is 0 Å². The molecule has 1 atom stereocenters. The van der Waals surface area contributed by atoms with Crippen molar-refractivity contribution in [3.63, 3.8) is 0 Å². The van der Waals surface area contributed by atoms with Crippen LogP contribution in [0.1, 0.15) is 90.4 Å². The topological polar surface area (TPSA) is 46.5 Å². The summed E-state index contributed by atoms with van der Waals surface area (Å²) in [5, 5.41) is 8.83. The molecule has 0 fully saturated rings. The van der Waals surface area contributed by atoms with E-state index in [1.54, 1.807) is 0 Å². The maximum atomic E-state index is 10.7. The lowest BCUT2D eigenvalue weighted by Crippen LogP contribution is -2.21. The Hall–Kier alpha value is -0.570. The highest BCUT2D eigenvalue weighted by Gasteiger charge is 2.14. The molecule has 1 N–H and O–H groups in total. The summed E-state index contributed by atoms with van der Waals surface area (Å²) in [7, 11) is 1.47. The zero-order valence-electron chi connectivity index (χ0n) is 13.5. The quantitative estimate of drug-likeness (QED) is 0.422. The molecular weight excluding hydrogens is 252 g/mol. The van der Waals surface area contributed by atoms with Gasteiger partial charge in [0.25, 0.3) is 0 Å². The molecule has 1 unspecified atom stereocenters. The fraction of sp³-hybridized carbons (Fsp3) is 0.941. The Balaban J connectivity index is 3.15. The summed E-state index contributed by atoms with van der Waals surface area (Å²) in [5.41, 5.74) is 0. The van der Waals surface area contributed by atoms with Crippen molar-refractivity contribution in [2.45, 2.75) is 96.5 Å². The van der Waals surface area contributed by atoms with Crippen LogP contribution < -0.4 is 0 Å². The van der Waals surface area contributed by atoms with Crippen LogP contribution in [0.3, 0.4) is 0 Å². The van der Waals surface area contributed by atoms with Gasteiger partial charge in [0.1, 0.15) is 0 Å². The number of hydrogen-bond donors (Lipinski definition) is 1. The van der Waals surface area contributed by atoms with Crippen LogP contribution in [-0.4, -0.2) is 24.3 Å². The minimum atomic E-state index is -0.837. The summed E-state index contributed by atoms with van der Waals surface area (Å²) < 4.78 is 4.91. The number of aliphatic carboxylic acids is 1. The fourth-order valence-electron chi connectivity index (χ4n) is 2.51. The fourth-order valence-corrected chi connectivity index (χ4v) is 2.51. The molecule has 0 bridgehead atoms. The van der Waals surface area contributed by atoms with Gasteiger partial charge in [0.2, 0.25) is 0 Å².